The summed E-state index contributed by atoms with van der Waals surface area (Å²) in [4.78, 5) is 17.2. The van der Waals surface area contributed by atoms with Crippen molar-refractivity contribution in [3.05, 3.63) is 59.7 Å². The van der Waals surface area contributed by atoms with Crippen LogP contribution in [0.5, 0.6) is 0 Å². The second kappa shape index (κ2) is 13.5. The van der Waals surface area contributed by atoms with Gasteiger partial charge in [0.25, 0.3) is 5.91 Å². The molecule has 0 bridgehead atoms. The van der Waals surface area contributed by atoms with Gasteiger partial charge < -0.3 is 16.0 Å². The average molecular weight is 462 g/mol. The summed E-state index contributed by atoms with van der Waals surface area (Å²) in [6.07, 6.45) is 0.957. The third-order valence-electron chi connectivity index (χ3n) is 4.94. The van der Waals surface area contributed by atoms with Gasteiger partial charge in [-0.2, -0.15) is 0 Å². The molecule has 1 aliphatic rings. The predicted molar refractivity (Wildman–Crippen MR) is 129 cm³/mol. The first-order valence-electron chi connectivity index (χ1n) is 9.30. The van der Waals surface area contributed by atoms with Crippen LogP contribution in [0.25, 0.3) is 0 Å². The fraction of sp³-hybridized carbons (Fsp3) is 0.381. The molecule has 0 spiro atoms. The van der Waals surface area contributed by atoms with Crippen LogP contribution in [0.3, 0.4) is 0 Å². The molecule has 0 unspecified atom stereocenters. The number of rotatable bonds is 6. The highest BCUT2D eigenvalue weighted by Crippen LogP contribution is 2.15. The van der Waals surface area contributed by atoms with Gasteiger partial charge in [-0.05, 0) is 49.7 Å². The van der Waals surface area contributed by atoms with Gasteiger partial charge >= 0.3 is 0 Å². The number of amides is 1. The number of nitrogen functional groups attached to an aromatic ring is 1. The van der Waals surface area contributed by atoms with E-state index in [0.717, 1.165) is 44.7 Å². The molecule has 5 nitrogen and oxygen atoms in total. The maximum Gasteiger partial charge on any atom is 0.251 e. The Balaban J connectivity index is 0.00000261. The van der Waals surface area contributed by atoms with Crippen LogP contribution in [0.15, 0.2) is 48.5 Å². The van der Waals surface area contributed by atoms with Gasteiger partial charge in [-0.1, -0.05) is 24.3 Å². The number of nitrogens with one attached hydrogen (secondary N) is 1. The van der Waals surface area contributed by atoms with Gasteiger partial charge in [0.2, 0.25) is 0 Å². The largest absolute Gasteiger partial charge is 0.399 e. The van der Waals surface area contributed by atoms with Crippen LogP contribution in [-0.4, -0.2) is 50.1 Å². The van der Waals surface area contributed by atoms with E-state index in [0.29, 0.717) is 17.8 Å². The molecule has 3 rings (SSSR count). The number of nitrogens with two attached hydrogens (primary N) is 1. The third kappa shape index (κ3) is 7.94. The summed E-state index contributed by atoms with van der Waals surface area (Å²) in [7, 11) is 0. The Morgan fingerprint density at radius 3 is 2.31 bits per heavy atom. The minimum atomic E-state index is -0.0382. The van der Waals surface area contributed by atoms with E-state index in [1.165, 1.54) is 5.69 Å². The van der Waals surface area contributed by atoms with Gasteiger partial charge in [0.15, 0.2) is 0 Å². The molecule has 0 radical (unpaired) electrons. The Bertz CT molecular complexity index is 738. The van der Waals surface area contributed by atoms with Crippen LogP contribution < -0.4 is 16.0 Å². The van der Waals surface area contributed by atoms with Crippen molar-refractivity contribution in [2.45, 2.75) is 13.3 Å². The lowest BCUT2D eigenvalue weighted by Crippen LogP contribution is -2.47. The van der Waals surface area contributed by atoms with Crippen molar-refractivity contribution in [2.24, 2.45) is 0 Å². The Kier molecular flexibility index (Phi) is 12.8. The summed E-state index contributed by atoms with van der Waals surface area (Å²) < 4.78 is 0. The van der Waals surface area contributed by atoms with E-state index in [4.69, 9.17) is 5.73 Å². The van der Waals surface area contributed by atoms with Crippen LogP contribution in [0.4, 0.5) is 11.4 Å². The number of para-hydroxylation sites is 1. The van der Waals surface area contributed by atoms with E-state index in [2.05, 4.69) is 45.4 Å². The van der Waals surface area contributed by atoms with E-state index >= 15 is 0 Å². The summed E-state index contributed by atoms with van der Waals surface area (Å²) in [6, 6.07) is 16.0. The Morgan fingerprint density at radius 2 is 1.66 bits per heavy atom. The fourth-order valence-electron chi connectivity index (χ4n) is 3.35. The maximum atomic E-state index is 12.3. The second-order valence-electron chi connectivity index (χ2n) is 6.85. The molecule has 1 aliphatic heterocycles. The van der Waals surface area contributed by atoms with Crippen molar-refractivity contribution in [1.29, 1.82) is 0 Å². The van der Waals surface area contributed by atoms with Crippen LogP contribution in [0, 0.1) is 6.92 Å². The first-order chi connectivity index (χ1) is 12.6. The molecule has 2 aromatic rings. The number of piperazine rings is 1. The topological polar surface area (TPSA) is 61.6 Å². The molecule has 0 aliphatic carbocycles. The van der Waals surface area contributed by atoms with Gasteiger partial charge in [0.1, 0.15) is 0 Å². The van der Waals surface area contributed by atoms with Gasteiger partial charge in [0.05, 0.1) is 0 Å². The summed E-state index contributed by atoms with van der Waals surface area (Å²) in [6.45, 7) is 7.87. The van der Waals surface area contributed by atoms with E-state index in [1.807, 2.05) is 19.1 Å². The first kappa shape index (κ1) is 27.3. The Morgan fingerprint density at radius 1 is 1.00 bits per heavy atom. The lowest BCUT2D eigenvalue weighted by molar-refractivity contribution is 0.0951. The number of carbonyl (C=O) groups excluding carboxylic acids is 1. The highest BCUT2D eigenvalue weighted by molar-refractivity contribution is 5.96. The summed E-state index contributed by atoms with van der Waals surface area (Å²) >= 11 is 0. The highest BCUT2D eigenvalue weighted by Gasteiger charge is 2.16. The molecular formula is C21H31Cl3N4O. The Labute approximate surface area is 192 Å². The lowest BCUT2D eigenvalue weighted by atomic mass is 10.1. The van der Waals surface area contributed by atoms with Gasteiger partial charge in [-0.25, -0.2) is 0 Å². The molecule has 1 amide bonds. The summed E-state index contributed by atoms with van der Waals surface area (Å²) in [5.41, 5.74) is 9.33. The number of halogens is 3. The molecule has 0 atom stereocenters. The molecule has 8 heteroatoms. The third-order valence-corrected chi connectivity index (χ3v) is 4.94. The van der Waals surface area contributed by atoms with E-state index in [9.17, 15) is 4.79 Å². The Hall–Kier alpha value is -1.66. The predicted octanol–water partition coefficient (Wildman–Crippen LogP) is 3.78. The lowest BCUT2D eigenvalue weighted by Gasteiger charge is -2.36. The van der Waals surface area contributed by atoms with Gasteiger partial charge in [-0.3, -0.25) is 9.69 Å². The minimum Gasteiger partial charge on any atom is -0.399 e. The standard InChI is InChI=1S/C21H28N4O.3ClH/c1-17-8-9-18(22)16-20(17)21(26)23-10-5-11-24-12-14-25(15-13-24)19-6-3-2-4-7-19;;;/h2-4,6-9,16H,5,10-15,22H2,1H3,(H,23,26);3*1H. The number of hydrogen-bond acceptors (Lipinski definition) is 4. The molecule has 29 heavy (non-hydrogen) atoms. The first-order valence-corrected chi connectivity index (χ1v) is 9.30. The molecule has 1 fully saturated rings. The number of carbonyl (C=O) groups is 1. The fourth-order valence-corrected chi connectivity index (χ4v) is 3.35. The normalized spacial score (nSPS) is 13.5. The van der Waals surface area contributed by atoms with E-state index in [1.54, 1.807) is 6.07 Å². The van der Waals surface area contributed by atoms with Crippen LogP contribution in [0.1, 0.15) is 22.3 Å². The smallest absolute Gasteiger partial charge is 0.251 e. The quantitative estimate of drug-likeness (QED) is 0.507. The number of nitrogens with zero attached hydrogens (tertiary/aromatic N) is 2. The van der Waals surface area contributed by atoms with Crippen molar-refractivity contribution in [2.75, 3.05) is 49.9 Å². The van der Waals surface area contributed by atoms with Crippen molar-refractivity contribution in [1.82, 2.24) is 10.2 Å². The zero-order valence-electron chi connectivity index (χ0n) is 16.7. The highest BCUT2D eigenvalue weighted by atomic mass is 35.5. The molecule has 1 heterocycles. The van der Waals surface area contributed by atoms with Crippen molar-refractivity contribution in [3.8, 4) is 0 Å². The molecule has 162 valence electrons. The number of aryl methyl sites for hydroxylation is 1. The van der Waals surface area contributed by atoms with Crippen LogP contribution >= 0.6 is 37.2 Å². The number of anilines is 2. The van der Waals surface area contributed by atoms with Crippen LogP contribution in [-0.2, 0) is 0 Å². The zero-order valence-corrected chi connectivity index (χ0v) is 19.1. The van der Waals surface area contributed by atoms with Crippen molar-refractivity contribution < 1.29 is 4.79 Å². The molecular weight excluding hydrogens is 431 g/mol. The minimum absolute atomic E-state index is 0. The van der Waals surface area contributed by atoms with Gasteiger partial charge in [-0.15, -0.1) is 37.2 Å². The second-order valence-corrected chi connectivity index (χ2v) is 6.85. The summed E-state index contributed by atoms with van der Waals surface area (Å²) in [5, 5.41) is 3.01. The SMILES string of the molecule is Cc1ccc(N)cc1C(=O)NCCCN1CCN(c2ccccc2)CC1.Cl.Cl.Cl. The average Bonchev–Trinajstić information content (AvgIpc) is 2.68. The number of hydrogen-bond donors (Lipinski definition) is 2. The number of benzene rings is 2. The van der Waals surface area contributed by atoms with Crippen molar-refractivity contribution >= 4 is 54.5 Å². The molecule has 0 saturated carbocycles. The maximum absolute atomic E-state index is 12.3. The monoisotopic (exact) mass is 460 g/mol. The zero-order chi connectivity index (χ0) is 18.4. The molecule has 0 aromatic heterocycles. The molecule has 1 saturated heterocycles. The molecule has 2 aromatic carbocycles. The van der Waals surface area contributed by atoms with Crippen molar-refractivity contribution in [3.63, 3.8) is 0 Å². The van der Waals surface area contributed by atoms with Gasteiger partial charge in [0, 0.05) is 49.7 Å². The van der Waals surface area contributed by atoms with E-state index < -0.39 is 0 Å². The van der Waals surface area contributed by atoms with Crippen LogP contribution in [0.2, 0.25) is 0 Å². The van der Waals surface area contributed by atoms with E-state index in [-0.39, 0.29) is 43.1 Å². The molecule has 3 N–H and O–H groups in total. The summed E-state index contributed by atoms with van der Waals surface area (Å²) in [5.74, 6) is -0.0382.